The first-order valence-corrected chi connectivity index (χ1v) is 6.52. The first kappa shape index (κ1) is 13.4. The largest absolute Gasteiger partial charge is 0.496 e. The van der Waals surface area contributed by atoms with Crippen LogP contribution in [0.3, 0.4) is 0 Å². The Morgan fingerprint density at radius 3 is 2.90 bits per heavy atom. The highest BCUT2D eigenvalue weighted by molar-refractivity contribution is 5.43. The second-order valence-electron chi connectivity index (χ2n) is 4.70. The number of rotatable bonds is 4. The summed E-state index contributed by atoms with van der Waals surface area (Å²) in [5.74, 6) is 0.687. The quantitative estimate of drug-likeness (QED) is 0.778. The summed E-state index contributed by atoms with van der Waals surface area (Å²) in [6.07, 6.45) is 5.01. The number of ether oxygens (including phenoxy) is 1. The number of aliphatic hydroxyl groups excluding tert-OH is 1. The second-order valence-corrected chi connectivity index (χ2v) is 4.70. The van der Waals surface area contributed by atoms with Crippen molar-refractivity contribution in [2.45, 2.75) is 13.2 Å². The Bertz CT molecular complexity index is 836. The van der Waals surface area contributed by atoms with E-state index in [1.54, 1.807) is 53.0 Å². The molecule has 2 aromatic heterocycles. The van der Waals surface area contributed by atoms with E-state index in [0.29, 0.717) is 17.8 Å². The molecule has 0 atom stereocenters. The van der Waals surface area contributed by atoms with Crippen molar-refractivity contribution in [1.29, 1.82) is 0 Å². The highest BCUT2D eigenvalue weighted by Crippen LogP contribution is 2.20. The van der Waals surface area contributed by atoms with Crippen LogP contribution in [0.4, 0.5) is 0 Å². The number of methoxy groups -OCH3 is 1. The molecule has 0 saturated heterocycles. The second kappa shape index (κ2) is 5.41. The lowest BCUT2D eigenvalue weighted by Crippen LogP contribution is -2.22. The monoisotopic (exact) mass is 285 g/mol. The fourth-order valence-corrected chi connectivity index (χ4v) is 2.32. The zero-order valence-electron chi connectivity index (χ0n) is 11.6. The van der Waals surface area contributed by atoms with E-state index in [1.165, 1.54) is 0 Å². The fourth-order valence-electron chi connectivity index (χ4n) is 2.32. The zero-order chi connectivity index (χ0) is 14.8. The third-order valence-corrected chi connectivity index (χ3v) is 3.41. The predicted molar refractivity (Wildman–Crippen MR) is 77.5 cm³/mol. The van der Waals surface area contributed by atoms with Crippen LogP contribution in [-0.4, -0.2) is 26.4 Å². The molecular weight excluding hydrogens is 270 g/mol. The fraction of sp³-hybridized carbons (Fsp3) is 0.200. The third kappa shape index (κ3) is 2.41. The average Bonchev–Trinajstić information content (AvgIpc) is 2.99. The smallest absolute Gasteiger partial charge is 0.276 e. The highest BCUT2D eigenvalue weighted by atomic mass is 16.5. The van der Waals surface area contributed by atoms with Gasteiger partial charge in [-0.25, -0.2) is 4.52 Å². The van der Waals surface area contributed by atoms with Crippen molar-refractivity contribution >= 4 is 5.52 Å². The minimum Gasteiger partial charge on any atom is -0.496 e. The molecule has 0 fully saturated rings. The lowest BCUT2D eigenvalue weighted by Gasteiger charge is -2.12. The number of benzene rings is 1. The molecule has 0 aliphatic heterocycles. The summed E-state index contributed by atoms with van der Waals surface area (Å²) in [6.45, 7) is 0.324. The Morgan fingerprint density at radius 2 is 2.14 bits per heavy atom. The number of hydrogen-bond donors (Lipinski definition) is 1. The van der Waals surface area contributed by atoms with Gasteiger partial charge in [0.2, 0.25) is 0 Å². The number of hydrogen-bond acceptors (Lipinski definition) is 4. The van der Waals surface area contributed by atoms with E-state index >= 15 is 0 Å². The number of aliphatic hydroxyl groups is 1. The summed E-state index contributed by atoms with van der Waals surface area (Å²) in [4.78, 5) is 12.4. The first-order chi connectivity index (χ1) is 10.2. The van der Waals surface area contributed by atoms with Gasteiger partial charge in [-0.15, -0.1) is 0 Å². The van der Waals surface area contributed by atoms with Crippen LogP contribution in [0.5, 0.6) is 5.75 Å². The third-order valence-electron chi connectivity index (χ3n) is 3.41. The van der Waals surface area contributed by atoms with Crippen LogP contribution in [0.1, 0.15) is 11.1 Å². The van der Waals surface area contributed by atoms with Crippen LogP contribution in [0, 0.1) is 0 Å². The van der Waals surface area contributed by atoms with E-state index in [9.17, 15) is 9.90 Å². The molecule has 6 nitrogen and oxygen atoms in total. The summed E-state index contributed by atoms with van der Waals surface area (Å²) in [5.41, 5.74) is 2.03. The van der Waals surface area contributed by atoms with Crippen LogP contribution in [0.15, 0.2) is 47.7 Å². The lowest BCUT2D eigenvalue weighted by molar-refractivity contribution is 0.281. The predicted octanol–water partition coefficient (Wildman–Crippen LogP) is 1.05. The summed E-state index contributed by atoms with van der Waals surface area (Å²) in [5, 5.41) is 13.3. The van der Waals surface area contributed by atoms with Gasteiger partial charge in [-0.05, 0) is 23.8 Å². The number of fused-ring (bicyclic) bond motifs is 1. The highest BCUT2D eigenvalue weighted by Gasteiger charge is 2.08. The minimum atomic E-state index is -0.119. The van der Waals surface area contributed by atoms with Gasteiger partial charge in [-0.2, -0.15) is 5.10 Å². The molecule has 2 heterocycles. The Labute approximate surface area is 120 Å². The van der Waals surface area contributed by atoms with E-state index in [1.807, 2.05) is 6.07 Å². The maximum atomic E-state index is 12.4. The summed E-state index contributed by atoms with van der Waals surface area (Å²) in [7, 11) is 1.58. The van der Waals surface area contributed by atoms with Crippen molar-refractivity contribution < 1.29 is 9.84 Å². The first-order valence-electron chi connectivity index (χ1n) is 6.52. The average molecular weight is 285 g/mol. The van der Waals surface area contributed by atoms with Crippen molar-refractivity contribution in [2.24, 2.45) is 0 Å². The van der Waals surface area contributed by atoms with E-state index < -0.39 is 0 Å². The van der Waals surface area contributed by atoms with Gasteiger partial charge in [0, 0.05) is 18.0 Å². The van der Waals surface area contributed by atoms with Crippen LogP contribution in [0.2, 0.25) is 0 Å². The lowest BCUT2D eigenvalue weighted by atomic mass is 10.1. The molecule has 0 unspecified atom stereocenters. The zero-order valence-corrected chi connectivity index (χ0v) is 11.6. The van der Waals surface area contributed by atoms with Gasteiger partial charge in [0.25, 0.3) is 5.56 Å². The molecule has 1 N–H and O–H groups in total. The number of aromatic nitrogens is 3. The van der Waals surface area contributed by atoms with Crippen molar-refractivity contribution in [1.82, 2.24) is 14.2 Å². The van der Waals surface area contributed by atoms with E-state index in [-0.39, 0.29) is 12.2 Å². The van der Waals surface area contributed by atoms with Crippen LogP contribution < -0.4 is 10.3 Å². The molecule has 0 aliphatic carbocycles. The van der Waals surface area contributed by atoms with Crippen molar-refractivity contribution in [2.75, 3.05) is 7.11 Å². The van der Waals surface area contributed by atoms with Gasteiger partial charge in [0.05, 0.1) is 26.5 Å². The molecule has 0 saturated carbocycles. The summed E-state index contributed by atoms with van der Waals surface area (Å²) >= 11 is 0. The summed E-state index contributed by atoms with van der Waals surface area (Å²) in [6, 6.07) is 7.11. The standard InChI is InChI=1S/C15H15N3O3/c1-21-14-3-2-11(10-19)8-12(14)9-17-6-7-18-13(15(17)20)4-5-16-18/h2-8,19H,9-10H2,1H3. The van der Waals surface area contributed by atoms with Gasteiger partial charge in [-0.1, -0.05) is 6.07 Å². The Balaban J connectivity index is 2.05. The molecule has 1 aromatic carbocycles. The summed E-state index contributed by atoms with van der Waals surface area (Å²) < 4.78 is 8.45. The van der Waals surface area contributed by atoms with Gasteiger partial charge < -0.3 is 14.4 Å². The van der Waals surface area contributed by atoms with E-state index in [4.69, 9.17) is 4.74 Å². The molecule has 0 bridgehead atoms. The van der Waals surface area contributed by atoms with Gasteiger partial charge in [-0.3, -0.25) is 4.79 Å². The van der Waals surface area contributed by atoms with E-state index in [0.717, 1.165) is 11.1 Å². The van der Waals surface area contributed by atoms with E-state index in [2.05, 4.69) is 5.10 Å². The van der Waals surface area contributed by atoms with Crippen molar-refractivity contribution in [3.8, 4) is 5.75 Å². The van der Waals surface area contributed by atoms with Gasteiger partial charge in [0.1, 0.15) is 11.3 Å². The molecule has 3 rings (SSSR count). The van der Waals surface area contributed by atoms with Gasteiger partial charge in [0.15, 0.2) is 0 Å². The number of nitrogens with zero attached hydrogens (tertiary/aromatic N) is 3. The maximum absolute atomic E-state index is 12.4. The molecular formula is C15H15N3O3. The maximum Gasteiger partial charge on any atom is 0.276 e. The Kier molecular flexibility index (Phi) is 3.45. The minimum absolute atomic E-state index is 0.0481. The molecule has 0 radical (unpaired) electrons. The molecule has 0 amide bonds. The van der Waals surface area contributed by atoms with Gasteiger partial charge >= 0.3 is 0 Å². The molecule has 0 spiro atoms. The Morgan fingerprint density at radius 1 is 1.29 bits per heavy atom. The van der Waals surface area contributed by atoms with Crippen LogP contribution in [-0.2, 0) is 13.2 Å². The molecule has 108 valence electrons. The van der Waals surface area contributed by atoms with Crippen molar-refractivity contribution in [3.63, 3.8) is 0 Å². The van der Waals surface area contributed by atoms with Crippen LogP contribution >= 0.6 is 0 Å². The van der Waals surface area contributed by atoms with Crippen LogP contribution in [0.25, 0.3) is 5.52 Å². The van der Waals surface area contributed by atoms with Crippen molar-refractivity contribution in [3.05, 3.63) is 64.3 Å². The molecule has 6 heteroatoms. The Hall–Kier alpha value is -2.60. The SMILES string of the molecule is COc1ccc(CO)cc1Cn1ccn2nccc2c1=O. The molecule has 0 aliphatic rings. The normalized spacial score (nSPS) is 11.0. The molecule has 3 aromatic rings. The molecule has 21 heavy (non-hydrogen) atoms. The topological polar surface area (TPSA) is 68.8 Å².